The van der Waals surface area contributed by atoms with Crippen molar-refractivity contribution in [1.29, 1.82) is 0 Å². The van der Waals surface area contributed by atoms with Crippen LogP contribution in [0, 0.1) is 0 Å². The number of H-pyrrole nitrogens is 1. The number of hydrogen-bond acceptors (Lipinski definition) is 3. The second-order valence-electron chi connectivity index (χ2n) is 3.01. The highest BCUT2D eigenvalue weighted by molar-refractivity contribution is 7.90. The van der Waals surface area contributed by atoms with Crippen molar-refractivity contribution in [3.8, 4) is 0 Å². The third kappa shape index (κ3) is 1.04. The third-order valence-corrected chi connectivity index (χ3v) is 3.56. The Hall–Kier alpha value is -0.840. The van der Waals surface area contributed by atoms with Gasteiger partial charge in [-0.1, -0.05) is 6.92 Å². The molecule has 1 N–H and O–H groups in total. The normalized spacial score (nSPS) is 19.4. The lowest BCUT2D eigenvalue weighted by molar-refractivity contribution is 0.597. The quantitative estimate of drug-likeness (QED) is 0.690. The van der Waals surface area contributed by atoms with Crippen LogP contribution < -0.4 is 0 Å². The predicted molar refractivity (Wildman–Crippen MR) is 44.3 cm³/mol. The fraction of sp³-hybridized carbons (Fsp3) is 0.571. The molecule has 0 aromatic carbocycles. The summed E-state index contributed by atoms with van der Waals surface area (Å²) in [6.07, 6.45) is 0.793. The second kappa shape index (κ2) is 2.32. The number of sulfone groups is 1. The molecule has 66 valence electrons. The monoisotopic (exact) mass is 186 g/mol. The molecule has 0 amide bonds. The number of rotatable bonds is 1. The highest BCUT2D eigenvalue weighted by Gasteiger charge is 2.28. The van der Waals surface area contributed by atoms with Crippen LogP contribution in [0.2, 0.25) is 0 Å². The Morgan fingerprint density at radius 1 is 1.50 bits per heavy atom. The minimum absolute atomic E-state index is 0.134. The average Bonchev–Trinajstić information content (AvgIpc) is 2.42. The zero-order chi connectivity index (χ0) is 8.77. The van der Waals surface area contributed by atoms with Gasteiger partial charge in [-0.3, -0.25) is 5.10 Å². The first-order valence-corrected chi connectivity index (χ1v) is 5.70. The smallest absolute Gasteiger partial charge is 0.160 e. The molecule has 1 aliphatic heterocycles. The molecule has 12 heavy (non-hydrogen) atoms. The van der Waals surface area contributed by atoms with Crippen molar-refractivity contribution in [2.24, 2.45) is 0 Å². The fourth-order valence-corrected chi connectivity index (χ4v) is 3.08. The molecule has 0 atom stereocenters. The van der Waals surface area contributed by atoms with Gasteiger partial charge in [-0.25, -0.2) is 8.42 Å². The summed E-state index contributed by atoms with van der Waals surface area (Å²) in [5.74, 6) is 0.303. The molecule has 1 aromatic rings. The molecule has 0 unspecified atom stereocenters. The van der Waals surface area contributed by atoms with E-state index in [1.54, 1.807) is 0 Å². The fourth-order valence-electron chi connectivity index (χ4n) is 1.52. The van der Waals surface area contributed by atoms with Crippen molar-refractivity contribution < 1.29 is 8.42 Å². The van der Waals surface area contributed by atoms with Gasteiger partial charge in [-0.05, 0) is 6.42 Å². The maximum atomic E-state index is 11.2. The van der Waals surface area contributed by atoms with E-state index in [-0.39, 0.29) is 11.5 Å². The van der Waals surface area contributed by atoms with E-state index in [0.717, 1.165) is 23.4 Å². The maximum absolute atomic E-state index is 11.2. The standard InChI is InChI=1S/C7H10N2O2S/c1-2-6-5-3-12(10,11)4-7(5)9-8-6/h2-4H2,1H3,(H,8,9). The summed E-state index contributed by atoms with van der Waals surface area (Å²) in [6, 6.07) is 0. The van der Waals surface area contributed by atoms with E-state index < -0.39 is 9.84 Å². The molecule has 0 saturated carbocycles. The largest absolute Gasteiger partial charge is 0.281 e. The van der Waals surface area contributed by atoms with Gasteiger partial charge in [-0.2, -0.15) is 5.10 Å². The molecule has 0 spiro atoms. The summed E-state index contributed by atoms with van der Waals surface area (Å²) in [7, 11) is -2.87. The number of aromatic nitrogens is 2. The highest BCUT2D eigenvalue weighted by atomic mass is 32.2. The predicted octanol–water partition coefficient (Wildman–Crippen LogP) is 0.401. The van der Waals surface area contributed by atoms with Gasteiger partial charge in [0.15, 0.2) is 9.84 Å². The molecule has 0 bridgehead atoms. The Bertz CT molecular complexity index is 405. The van der Waals surface area contributed by atoms with Gasteiger partial charge < -0.3 is 0 Å². The van der Waals surface area contributed by atoms with Crippen molar-refractivity contribution in [2.75, 3.05) is 0 Å². The van der Waals surface area contributed by atoms with Gasteiger partial charge in [0, 0.05) is 5.56 Å². The number of aromatic amines is 1. The van der Waals surface area contributed by atoms with Gasteiger partial charge in [-0.15, -0.1) is 0 Å². The molecular weight excluding hydrogens is 176 g/mol. The van der Waals surface area contributed by atoms with E-state index in [4.69, 9.17) is 0 Å². The number of hydrogen-bond donors (Lipinski definition) is 1. The Balaban J connectivity index is 2.50. The van der Waals surface area contributed by atoms with Gasteiger partial charge in [0.05, 0.1) is 22.9 Å². The SMILES string of the molecule is CCc1n[nH]c2c1CS(=O)(=O)C2. The van der Waals surface area contributed by atoms with Crippen LogP contribution in [0.4, 0.5) is 0 Å². The molecule has 1 aromatic heterocycles. The lowest BCUT2D eigenvalue weighted by Gasteiger charge is -1.91. The molecule has 0 aliphatic carbocycles. The molecule has 2 rings (SSSR count). The van der Waals surface area contributed by atoms with Gasteiger partial charge >= 0.3 is 0 Å². The zero-order valence-corrected chi connectivity index (χ0v) is 7.61. The van der Waals surface area contributed by atoms with Crippen molar-refractivity contribution in [3.63, 3.8) is 0 Å². The molecule has 0 fully saturated rings. The number of nitrogens with one attached hydrogen (secondary N) is 1. The Labute approximate surface area is 70.9 Å². The van der Waals surface area contributed by atoms with Gasteiger partial charge in [0.1, 0.15) is 0 Å². The first-order chi connectivity index (χ1) is 5.62. The summed E-state index contributed by atoms with van der Waals surface area (Å²) < 4.78 is 22.3. The Kier molecular flexibility index (Phi) is 1.51. The van der Waals surface area contributed by atoms with E-state index in [1.807, 2.05) is 6.92 Å². The maximum Gasteiger partial charge on any atom is 0.160 e. The summed E-state index contributed by atoms with van der Waals surface area (Å²) in [4.78, 5) is 0. The zero-order valence-electron chi connectivity index (χ0n) is 6.79. The van der Waals surface area contributed by atoms with Crippen molar-refractivity contribution >= 4 is 9.84 Å². The topological polar surface area (TPSA) is 62.8 Å². The molecule has 2 heterocycles. The number of aryl methyl sites for hydroxylation is 1. The van der Waals surface area contributed by atoms with Crippen LogP contribution in [-0.4, -0.2) is 18.6 Å². The summed E-state index contributed by atoms with van der Waals surface area (Å²) in [5.41, 5.74) is 2.58. The Morgan fingerprint density at radius 3 is 2.92 bits per heavy atom. The van der Waals surface area contributed by atoms with Crippen LogP contribution in [-0.2, 0) is 27.8 Å². The average molecular weight is 186 g/mol. The number of nitrogens with zero attached hydrogens (tertiary/aromatic N) is 1. The molecule has 0 radical (unpaired) electrons. The van der Waals surface area contributed by atoms with Crippen molar-refractivity contribution in [2.45, 2.75) is 24.9 Å². The first kappa shape index (κ1) is 7.79. The molecular formula is C7H10N2O2S. The molecule has 1 aliphatic rings. The van der Waals surface area contributed by atoms with Gasteiger partial charge in [0.2, 0.25) is 0 Å². The van der Waals surface area contributed by atoms with Crippen LogP contribution in [0.15, 0.2) is 0 Å². The second-order valence-corrected chi connectivity index (χ2v) is 5.08. The summed E-state index contributed by atoms with van der Waals surface area (Å²) in [6.45, 7) is 1.97. The summed E-state index contributed by atoms with van der Waals surface area (Å²) >= 11 is 0. The molecule has 5 heteroatoms. The van der Waals surface area contributed by atoms with E-state index in [9.17, 15) is 8.42 Å². The van der Waals surface area contributed by atoms with Crippen LogP contribution in [0.3, 0.4) is 0 Å². The molecule has 4 nitrogen and oxygen atoms in total. The summed E-state index contributed by atoms with van der Waals surface area (Å²) in [5, 5.41) is 6.80. The number of fused-ring (bicyclic) bond motifs is 1. The van der Waals surface area contributed by atoms with E-state index in [0.29, 0.717) is 0 Å². The van der Waals surface area contributed by atoms with E-state index >= 15 is 0 Å². The van der Waals surface area contributed by atoms with Crippen LogP contribution in [0.5, 0.6) is 0 Å². The van der Waals surface area contributed by atoms with Crippen molar-refractivity contribution in [1.82, 2.24) is 10.2 Å². The lowest BCUT2D eigenvalue weighted by Crippen LogP contribution is -1.99. The minimum Gasteiger partial charge on any atom is -0.281 e. The highest BCUT2D eigenvalue weighted by Crippen LogP contribution is 2.25. The Morgan fingerprint density at radius 2 is 2.25 bits per heavy atom. The minimum atomic E-state index is -2.87. The van der Waals surface area contributed by atoms with E-state index in [1.165, 1.54) is 0 Å². The van der Waals surface area contributed by atoms with Crippen LogP contribution >= 0.6 is 0 Å². The molecule has 0 saturated heterocycles. The van der Waals surface area contributed by atoms with Crippen LogP contribution in [0.1, 0.15) is 23.9 Å². The van der Waals surface area contributed by atoms with Crippen LogP contribution in [0.25, 0.3) is 0 Å². The van der Waals surface area contributed by atoms with Crippen molar-refractivity contribution in [3.05, 3.63) is 17.0 Å². The first-order valence-electron chi connectivity index (χ1n) is 3.88. The van der Waals surface area contributed by atoms with E-state index in [2.05, 4.69) is 10.2 Å². The third-order valence-electron chi connectivity index (χ3n) is 2.10. The lowest BCUT2D eigenvalue weighted by atomic mass is 10.2. The van der Waals surface area contributed by atoms with Gasteiger partial charge in [0.25, 0.3) is 0 Å².